The highest BCUT2D eigenvalue weighted by Gasteiger charge is 1.98. The largest absolute Gasteiger partial charge is 0.323 e. The van der Waals surface area contributed by atoms with Crippen LogP contribution in [0.25, 0.3) is 11.0 Å². The van der Waals surface area contributed by atoms with Crippen LogP contribution >= 0.6 is 0 Å². The van der Waals surface area contributed by atoms with Gasteiger partial charge in [-0.05, 0) is 6.07 Å². The lowest BCUT2D eigenvalue weighted by molar-refractivity contribution is 1.26. The monoisotopic (exact) mass is 172 g/mol. The second-order valence-corrected chi connectivity index (χ2v) is 2.55. The molecule has 0 radical (unpaired) electrons. The molecule has 2 aromatic rings. The zero-order chi connectivity index (χ0) is 9.10. The van der Waals surface area contributed by atoms with Gasteiger partial charge in [-0.25, -0.2) is 0 Å². The average Bonchev–Trinajstić information content (AvgIpc) is 2.19. The van der Waals surface area contributed by atoms with E-state index in [9.17, 15) is 0 Å². The van der Waals surface area contributed by atoms with Crippen molar-refractivity contribution in [3.63, 3.8) is 0 Å². The van der Waals surface area contributed by atoms with Crippen LogP contribution in [0.3, 0.4) is 0 Å². The minimum Gasteiger partial charge on any atom is -0.323 e. The van der Waals surface area contributed by atoms with Gasteiger partial charge in [0.25, 0.3) is 0 Å². The van der Waals surface area contributed by atoms with Gasteiger partial charge in [0.2, 0.25) is 0 Å². The summed E-state index contributed by atoms with van der Waals surface area (Å²) in [7, 11) is 0. The molecule has 13 heavy (non-hydrogen) atoms. The molecule has 1 aromatic heterocycles. The summed E-state index contributed by atoms with van der Waals surface area (Å²) < 4.78 is 0. The number of hydrazone groups is 1. The van der Waals surface area contributed by atoms with Crippen molar-refractivity contribution in [1.29, 1.82) is 0 Å². The smallest absolute Gasteiger partial charge is 0.0975 e. The maximum Gasteiger partial charge on any atom is 0.0975 e. The topological polar surface area (TPSA) is 64.2 Å². The molecule has 2 N–H and O–H groups in total. The van der Waals surface area contributed by atoms with Crippen LogP contribution in [0.15, 0.2) is 35.7 Å². The molecule has 0 amide bonds. The van der Waals surface area contributed by atoms with Gasteiger partial charge in [-0.3, -0.25) is 9.97 Å². The van der Waals surface area contributed by atoms with Crippen LogP contribution in [0, 0.1) is 0 Å². The number of hydrogen-bond donors (Lipinski definition) is 1. The Morgan fingerprint density at radius 2 is 2.08 bits per heavy atom. The molecule has 0 saturated carbocycles. The van der Waals surface area contributed by atoms with E-state index in [1.165, 1.54) is 0 Å². The summed E-state index contributed by atoms with van der Waals surface area (Å²) in [6, 6.07) is 5.69. The first-order chi connectivity index (χ1) is 6.42. The zero-order valence-electron chi connectivity index (χ0n) is 6.88. The number of aromatic nitrogens is 2. The molecule has 0 atom stereocenters. The third kappa shape index (κ3) is 1.33. The van der Waals surface area contributed by atoms with Crippen LogP contribution in [0.4, 0.5) is 0 Å². The van der Waals surface area contributed by atoms with Crippen LogP contribution in [-0.2, 0) is 0 Å². The fraction of sp³-hybridized carbons (Fsp3) is 0. The maximum absolute atomic E-state index is 5.07. The predicted octanol–water partition coefficient (Wildman–Crippen LogP) is 0.922. The second-order valence-electron chi connectivity index (χ2n) is 2.55. The number of benzene rings is 1. The van der Waals surface area contributed by atoms with Gasteiger partial charge in [0.05, 0.1) is 17.2 Å². The van der Waals surface area contributed by atoms with Crippen LogP contribution in [0.5, 0.6) is 0 Å². The van der Waals surface area contributed by atoms with Crippen molar-refractivity contribution in [1.82, 2.24) is 9.97 Å². The average molecular weight is 172 g/mol. The molecule has 1 aromatic carbocycles. The van der Waals surface area contributed by atoms with E-state index in [0.29, 0.717) is 0 Å². The third-order valence-electron chi connectivity index (χ3n) is 1.74. The predicted molar refractivity (Wildman–Crippen MR) is 51.3 cm³/mol. The van der Waals surface area contributed by atoms with Crippen LogP contribution in [0.1, 0.15) is 5.56 Å². The number of hydrogen-bond acceptors (Lipinski definition) is 4. The van der Waals surface area contributed by atoms with Gasteiger partial charge in [-0.15, -0.1) is 0 Å². The SMILES string of the molecule is NN=Cc1cccc2nccnc12. The van der Waals surface area contributed by atoms with Crippen molar-refractivity contribution in [3.8, 4) is 0 Å². The van der Waals surface area contributed by atoms with E-state index in [2.05, 4.69) is 15.1 Å². The number of para-hydroxylation sites is 1. The summed E-state index contributed by atoms with van der Waals surface area (Å²) >= 11 is 0. The van der Waals surface area contributed by atoms with Gasteiger partial charge in [-0.1, -0.05) is 12.1 Å². The molecule has 0 aliphatic heterocycles. The Hall–Kier alpha value is -1.97. The summed E-state index contributed by atoms with van der Waals surface area (Å²) in [6.45, 7) is 0. The molecule has 0 bridgehead atoms. The highest BCUT2D eigenvalue weighted by molar-refractivity contribution is 5.95. The van der Waals surface area contributed by atoms with Crippen LogP contribution in [-0.4, -0.2) is 16.2 Å². The van der Waals surface area contributed by atoms with Crippen molar-refractivity contribution in [2.45, 2.75) is 0 Å². The van der Waals surface area contributed by atoms with E-state index in [0.717, 1.165) is 16.6 Å². The Labute approximate surface area is 75.1 Å². The molecule has 4 nitrogen and oxygen atoms in total. The second kappa shape index (κ2) is 3.18. The Bertz CT molecular complexity index is 445. The van der Waals surface area contributed by atoms with Crippen molar-refractivity contribution >= 4 is 17.2 Å². The molecule has 4 heteroatoms. The van der Waals surface area contributed by atoms with E-state index in [1.54, 1.807) is 18.6 Å². The van der Waals surface area contributed by atoms with Gasteiger partial charge in [0.1, 0.15) is 0 Å². The lowest BCUT2D eigenvalue weighted by atomic mass is 10.2. The quantitative estimate of drug-likeness (QED) is 0.395. The van der Waals surface area contributed by atoms with Gasteiger partial charge < -0.3 is 5.84 Å². The van der Waals surface area contributed by atoms with Crippen LogP contribution in [0.2, 0.25) is 0 Å². The molecule has 0 fully saturated rings. The fourth-order valence-electron chi connectivity index (χ4n) is 1.20. The number of rotatable bonds is 1. The minimum atomic E-state index is 0.819. The van der Waals surface area contributed by atoms with E-state index >= 15 is 0 Å². The van der Waals surface area contributed by atoms with Crippen molar-refractivity contribution in [2.75, 3.05) is 0 Å². The normalized spacial score (nSPS) is 11.1. The van der Waals surface area contributed by atoms with Gasteiger partial charge in [0, 0.05) is 18.0 Å². The Kier molecular flexibility index (Phi) is 1.88. The van der Waals surface area contributed by atoms with Crippen molar-refractivity contribution in [3.05, 3.63) is 36.2 Å². The molecule has 0 spiro atoms. The first-order valence-electron chi connectivity index (χ1n) is 3.85. The molecular weight excluding hydrogens is 164 g/mol. The highest BCUT2D eigenvalue weighted by atomic mass is 15.1. The van der Waals surface area contributed by atoms with Gasteiger partial charge in [0.15, 0.2) is 0 Å². The Morgan fingerprint density at radius 1 is 1.23 bits per heavy atom. The van der Waals surface area contributed by atoms with E-state index in [1.807, 2.05) is 18.2 Å². The summed E-state index contributed by atoms with van der Waals surface area (Å²) in [4.78, 5) is 8.35. The summed E-state index contributed by atoms with van der Waals surface area (Å²) in [5.74, 6) is 5.07. The number of nitrogens with two attached hydrogens (primary N) is 1. The van der Waals surface area contributed by atoms with Crippen molar-refractivity contribution < 1.29 is 0 Å². The minimum absolute atomic E-state index is 0.819. The lowest BCUT2D eigenvalue weighted by Gasteiger charge is -1.97. The first kappa shape index (κ1) is 7.67. The number of fused-ring (bicyclic) bond motifs is 1. The first-order valence-corrected chi connectivity index (χ1v) is 3.85. The molecule has 0 aliphatic rings. The molecular formula is C9H8N4. The number of nitrogens with zero attached hydrogens (tertiary/aromatic N) is 3. The molecule has 0 aliphatic carbocycles. The molecule has 2 rings (SSSR count). The van der Waals surface area contributed by atoms with E-state index in [4.69, 9.17) is 5.84 Å². The van der Waals surface area contributed by atoms with Gasteiger partial charge >= 0.3 is 0 Å². The molecule has 1 heterocycles. The summed E-state index contributed by atoms with van der Waals surface area (Å²) in [5.41, 5.74) is 2.55. The van der Waals surface area contributed by atoms with E-state index in [-0.39, 0.29) is 0 Å². The van der Waals surface area contributed by atoms with Gasteiger partial charge in [-0.2, -0.15) is 5.10 Å². The Morgan fingerprint density at radius 3 is 2.92 bits per heavy atom. The maximum atomic E-state index is 5.07. The molecule has 64 valence electrons. The summed E-state index contributed by atoms with van der Waals surface area (Å²) in [6.07, 6.45) is 4.87. The molecule has 0 saturated heterocycles. The third-order valence-corrected chi connectivity index (χ3v) is 1.74. The lowest BCUT2D eigenvalue weighted by Crippen LogP contribution is -1.91. The molecule has 0 unspecified atom stereocenters. The van der Waals surface area contributed by atoms with Crippen LogP contribution < -0.4 is 5.84 Å². The summed E-state index contributed by atoms with van der Waals surface area (Å²) in [5, 5.41) is 3.46. The standard InChI is InChI=1S/C9H8N4/c10-13-6-7-2-1-3-8-9(7)12-5-4-11-8/h1-6H,10H2. The highest BCUT2D eigenvalue weighted by Crippen LogP contribution is 2.11. The van der Waals surface area contributed by atoms with Crippen molar-refractivity contribution in [2.24, 2.45) is 10.9 Å². The fourth-order valence-corrected chi connectivity index (χ4v) is 1.20. The van der Waals surface area contributed by atoms with E-state index < -0.39 is 0 Å². The zero-order valence-corrected chi connectivity index (χ0v) is 6.88. The Balaban J connectivity index is 2.75.